The topological polar surface area (TPSA) is 20.2 Å². The third kappa shape index (κ3) is 10.8. The summed E-state index contributed by atoms with van der Waals surface area (Å²) in [6.07, 6.45) is 0. The third-order valence-corrected chi connectivity index (χ3v) is 0.607. The molecule has 0 aromatic heterocycles. The van der Waals surface area contributed by atoms with Crippen LogP contribution in [0.25, 0.3) is 0 Å². The minimum Gasteiger partial charge on any atom is -0.397 e. The van der Waals surface area contributed by atoms with Gasteiger partial charge in [0, 0.05) is 6.61 Å². The maximum atomic E-state index is 7.57. The van der Waals surface area contributed by atoms with Gasteiger partial charge in [0.25, 0.3) is 0 Å². The third-order valence-electron chi connectivity index (χ3n) is 0.607. The average Bonchev–Trinajstić information content (AvgIpc) is 1.93. The molecular weight excluding hydrogens is 136 g/mol. The molecule has 1 nitrogen and oxygen atoms in total. The molecule has 1 N–H and O–H groups in total. The van der Waals surface area contributed by atoms with Gasteiger partial charge in [-0.1, -0.05) is 0 Å². The summed E-state index contributed by atoms with van der Waals surface area (Å²) >= 11 is 0. The van der Waals surface area contributed by atoms with Crippen molar-refractivity contribution in [1.82, 2.24) is 0 Å². The van der Waals surface area contributed by atoms with Gasteiger partial charge in [0.2, 0.25) is 0 Å². The van der Waals surface area contributed by atoms with Crippen LogP contribution in [0.3, 0.4) is 0 Å². The van der Waals surface area contributed by atoms with Crippen molar-refractivity contribution in [3.05, 3.63) is 36.4 Å². The van der Waals surface area contributed by atoms with Crippen LogP contribution >= 0.6 is 0 Å². The molecule has 0 spiro atoms. The van der Waals surface area contributed by atoms with Crippen molar-refractivity contribution in [1.29, 1.82) is 0 Å². The predicted octanol–water partition coefficient (Wildman–Crippen LogP) is 1.10. The Balaban J connectivity index is 0. The van der Waals surface area contributed by atoms with E-state index in [1.807, 2.05) is 30.3 Å². The zero-order valence-electron chi connectivity index (χ0n) is 6.25. The van der Waals surface area contributed by atoms with Crippen molar-refractivity contribution in [2.24, 2.45) is 0 Å². The Morgan fingerprint density at radius 3 is 1.70 bits per heavy atom. The predicted molar refractivity (Wildman–Crippen MR) is 43.8 cm³/mol. The first kappa shape index (κ1) is 12.6. The van der Waals surface area contributed by atoms with Crippen LogP contribution in [-0.2, 0) is 0 Å². The quantitative estimate of drug-likeness (QED) is 0.431. The molecule has 1 rings (SSSR count). The summed E-state index contributed by atoms with van der Waals surface area (Å²) in [4.78, 5) is 0. The Hall–Kier alpha value is -0.0538. The van der Waals surface area contributed by atoms with E-state index in [1.54, 1.807) is 6.92 Å². The Morgan fingerprint density at radius 2 is 1.60 bits per heavy atom. The fourth-order valence-electron chi connectivity index (χ4n) is 0.342. The standard InChI is InChI=1S/C6H5.C2H6O.Mg/c1-2-4-6-5-3-1;1-2-3;/h1-5H;3H,2H2,1H3;/q-1;;+2. The Labute approximate surface area is 78.2 Å². The van der Waals surface area contributed by atoms with E-state index < -0.39 is 0 Å². The Kier molecular flexibility index (Phi) is 14.8. The maximum absolute atomic E-state index is 7.57. The second kappa shape index (κ2) is 11.7. The van der Waals surface area contributed by atoms with E-state index >= 15 is 0 Å². The molecule has 0 radical (unpaired) electrons. The van der Waals surface area contributed by atoms with Crippen LogP contribution in [-0.4, -0.2) is 34.8 Å². The molecule has 1 aromatic rings. The molecule has 10 heavy (non-hydrogen) atoms. The summed E-state index contributed by atoms with van der Waals surface area (Å²) in [5.74, 6) is 0. The normalized spacial score (nSPS) is 6.60. The largest absolute Gasteiger partial charge is 2.00 e. The number of aliphatic hydroxyl groups is 1. The second-order valence-electron chi connectivity index (χ2n) is 1.39. The molecule has 0 heterocycles. The number of aliphatic hydroxyl groups excluding tert-OH is 1. The van der Waals surface area contributed by atoms with Gasteiger partial charge in [-0.3, -0.25) is 0 Å². The minimum absolute atomic E-state index is 0. The van der Waals surface area contributed by atoms with Crippen LogP contribution in [0.5, 0.6) is 0 Å². The minimum atomic E-state index is 0. The molecule has 0 unspecified atom stereocenters. The molecule has 1 aromatic carbocycles. The van der Waals surface area contributed by atoms with Crippen molar-refractivity contribution in [3.63, 3.8) is 0 Å². The summed E-state index contributed by atoms with van der Waals surface area (Å²) < 4.78 is 0. The monoisotopic (exact) mass is 147 g/mol. The number of hydrogen-bond donors (Lipinski definition) is 1. The van der Waals surface area contributed by atoms with Crippen LogP contribution < -0.4 is 0 Å². The van der Waals surface area contributed by atoms with E-state index in [0.29, 0.717) is 0 Å². The van der Waals surface area contributed by atoms with Gasteiger partial charge in [0.05, 0.1) is 0 Å². The van der Waals surface area contributed by atoms with Crippen molar-refractivity contribution in [2.75, 3.05) is 6.61 Å². The van der Waals surface area contributed by atoms with Crippen LogP contribution in [0.4, 0.5) is 0 Å². The maximum Gasteiger partial charge on any atom is 2.00 e. The molecule has 0 fully saturated rings. The molecule has 0 amide bonds. The number of benzene rings is 1. The molecule has 2 heteroatoms. The van der Waals surface area contributed by atoms with E-state index in [0.717, 1.165) is 0 Å². The second-order valence-corrected chi connectivity index (χ2v) is 1.39. The van der Waals surface area contributed by atoms with Gasteiger partial charge < -0.3 is 5.11 Å². The number of hydrogen-bond acceptors (Lipinski definition) is 1. The van der Waals surface area contributed by atoms with Gasteiger partial charge in [-0.25, -0.2) is 0 Å². The summed E-state index contributed by atoms with van der Waals surface area (Å²) in [6.45, 7) is 1.93. The van der Waals surface area contributed by atoms with Crippen molar-refractivity contribution < 1.29 is 5.11 Å². The average molecular weight is 147 g/mol. The molecule has 0 aliphatic heterocycles. The van der Waals surface area contributed by atoms with E-state index in [1.165, 1.54) is 0 Å². The van der Waals surface area contributed by atoms with E-state index in [-0.39, 0.29) is 29.7 Å². The van der Waals surface area contributed by atoms with E-state index in [4.69, 9.17) is 5.11 Å². The number of rotatable bonds is 0. The summed E-state index contributed by atoms with van der Waals surface area (Å²) in [7, 11) is 0. The van der Waals surface area contributed by atoms with Crippen molar-refractivity contribution >= 4 is 23.1 Å². The zero-order valence-corrected chi connectivity index (χ0v) is 7.66. The van der Waals surface area contributed by atoms with Gasteiger partial charge in [-0.15, -0.1) is 0 Å². The van der Waals surface area contributed by atoms with Crippen molar-refractivity contribution in [3.8, 4) is 0 Å². The molecule has 0 aliphatic rings. The first-order chi connectivity index (χ1) is 4.41. The summed E-state index contributed by atoms with van der Waals surface area (Å²) in [5.41, 5.74) is 0. The van der Waals surface area contributed by atoms with Gasteiger partial charge in [0.15, 0.2) is 0 Å². The fraction of sp³-hybridized carbons (Fsp3) is 0.250. The molecule has 0 aliphatic carbocycles. The smallest absolute Gasteiger partial charge is 0.397 e. The van der Waals surface area contributed by atoms with Crippen molar-refractivity contribution in [2.45, 2.75) is 6.92 Å². The summed E-state index contributed by atoms with van der Waals surface area (Å²) in [5, 5.41) is 7.57. The van der Waals surface area contributed by atoms with Crippen LogP contribution in [0.15, 0.2) is 30.3 Å². The molecular formula is C8H11MgO+. The first-order valence-corrected chi connectivity index (χ1v) is 2.93. The van der Waals surface area contributed by atoms with Gasteiger partial charge in [-0.05, 0) is 6.92 Å². The SMILES string of the molecule is CCO.[Mg+2].[c-]1ccccc1. The molecule has 0 bridgehead atoms. The molecule has 0 saturated carbocycles. The Bertz CT molecular complexity index is 92.1. The van der Waals surface area contributed by atoms with E-state index in [9.17, 15) is 0 Å². The van der Waals surface area contributed by atoms with Crippen LogP contribution in [0.1, 0.15) is 6.92 Å². The first-order valence-electron chi connectivity index (χ1n) is 2.93. The van der Waals surface area contributed by atoms with Gasteiger partial charge >= 0.3 is 23.1 Å². The zero-order chi connectivity index (χ0) is 6.95. The van der Waals surface area contributed by atoms with E-state index in [2.05, 4.69) is 6.07 Å². The van der Waals surface area contributed by atoms with Crippen LogP contribution in [0, 0.1) is 6.07 Å². The van der Waals surface area contributed by atoms with Gasteiger partial charge in [-0.2, -0.15) is 36.4 Å². The Morgan fingerprint density at radius 1 is 1.20 bits per heavy atom. The van der Waals surface area contributed by atoms with Crippen LogP contribution in [0.2, 0.25) is 0 Å². The molecule has 50 valence electrons. The summed E-state index contributed by atoms with van der Waals surface area (Å²) in [6, 6.07) is 12.5. The van der Waals surface area contributed by atoms with Gasteiger partial charge in [0.1, 0.15) is 0 Å². The molecule has 0 saturated heterocycles. The molecule has 0 atom stereocenters. The fourth-order valence-corrected chi connectivity index (χ4v) is 0.342.